The highest BCUT2D eigenvalue weighted by atomic mass is 35.5. The van der Waals surface area contributed by atoms with Crippen molar-refractivity contribution in [2.45, 2.75) is 465 Å². The van der Waals surface area contributed by atoms with Crippen LogP contribution >= 0.6 is 23.2 Å². The van der Waals surface area contributed by atoms with Crippen LogP contribution in [0.1, 0.15) is 279 Å². The van der Waals surface area contributed by atoms with Gasteiger partial charge in [0.1, 0.15) is 0 Å². The Labute approximate surface area is 874 Å². The highest BCUT2D eigenvalue weighted by Crippen LogP contribution is 2.51. The Hall–Kier alpha value is -4.12. The molecule has 0 aromatic heterocycles. The van der Waals surface area contributed by atoms with E-state index in [-0.39, 0.29) is 245 Å². The smallest absolute Gasteiger partial charge is 0.308 e. The van der Waals surface area contributed by atoms with E-state index in [1.165, 1.54) is 14.2 Å². The van der Waals surface area contributed by atoms with Gasteiger partial charge in [0.25, 0.3) is 0 Å². The molecule has 10 aliphatic rings. The molecule has 10 saturated heterocycles. The van der Waals surface area contributed by atoms with E-state index in [9.17, 15) is 36.3 Å². The molecule has 0 spiro atoms. The molecule has 0 bridgehead atoms. The number of halogens is 2. The Morgan fingerprint density at radius 3 is 1.23 bits per heavy atom. The van der Waals surface area contributed by atoms with E-state index in [0.717, 1.165) is 125 Å². The van der Waals surface area contributed by atoms with Crippen LogP contribution in [0.15, 0.2) is 143 Å². The molecule has 0 aliphatic carbocycles. The molecule has 22 nitrogen and oxygen atoms in total. The molecule has 143 heavy (non-hydrogen) atoms. The van der Waals surface area contributed by atoms with Gasteiger partial charge in [0.2, 0.25) is 0 Å². The first-order valence-corrected chi connectivity index (χ1v) is 64.4. The van der Waals surface area contributed by atoms with E-state index in [1.807, 2.05) is 30.4 Å². The molecule has 35 atom stereocenters. The van der Waals surface area contributed by atoms with E-state index >= 15 is 0 Å². The lowest BCUT2D eigenvalue weighted by Crippen LogP contribution is -2.58. The lowest BCUT2D eigenvalue weighted by atomic mass is 9.77. The Morgan fingerprint density at radius 2 is 0.853 bits per heavy atom. The normalized spacial score (nSPS) is 34.8. The second kappa shape index (κ2) is 53.9. The molecule has 28 heteroatoms. The van der Waals surface area contributed by atoms with Gasteiger partial charge in [-0.05, 0) is 257 Å². The molecular weight excluding hydrogens is 1920 g/mol. The van der Waals surface area contributed by atoms with Crippen molar-refractivity contribution >= 4 is 77.2 Å². The number of aliphatic hydroxyl groups excluding tert-OH is 1. The number of esters is 2. The van der Waals surface area contributed by atoms with Crippen LogP contribution in [0.5, 0.6) is 0 Å². The van der Waals surface area contributed by atoms with Crippen LogP contribution in [0.3, 0.4) is 0 Å². The number of ether oxygens (including phenoxy) is 12. The van der Waals surface area contributed by atoms with E-state index in [4.69, 9.17) is 88.9 Å². The van der Waals surface area contributed by atoms with Crippen molar-refractivity contribution in [2.24, 2.45) is 71.0 Å². The van der Waals surface area contributed by atoms with Gasteiger partial charge in [-0.25, -0.2) is 16.8 Å². The summed E-state index contributed by atoms with van der Waals surface area (Å²) in [5.74, 6) is 1.47. The van der Waals surface area contributed by atoms with Crippen LogP contribution in [-0.4, -0.2) is 228 Å². The number of hydrogen-bond donors (Lipinski definition) is 1. The number of carbonyl (C=O) groups is 3. The lowest BCUT2D eigenvalue weighted by molar-refractivity contribution is -0.238. The highest BCUT2D eigenvalue weighted by Gasteiger charge is 2.55. The third-order valence-electron chi connectivity index (χ3n) is 35.1. The number of methoxy groups -OCH3 is 2. The number of ketones is 1. The van der Waals surface area contributed by atoms with Crippen molar-refractivity contribution in [1.29, 1.82) is 0 Å². The minimum absolute atomic E-state index is 0.00364. The van der Waals surface area contributed by atoms with Gasteiger partial charge in [0.15, 0.2) is 42.1 Å². The molecule has 10 aliphatic heterocycles. The molecule has 10 fully saturated rings. The fourth-order valence-electron chi connectivity index (χ4n) is 22.8. The third-order valence-corrected chi connectivity index (χ3v) is 47.7. The highest BCUT2D eigenvalue weighted by molar-refractivity contribution is 7.91. The van der Waals surface area contributed by atoms with Crippen LogP contribution in [0, 0.1) is 71.0 Å². The number of hydrogen-bond acceptors (Lipinski definition) is 22. The number of allylic oxidation sites excluding steroid dienone is 1. The molecule has 0 amide bonds. The predicted molar refractivity (Wildman–Crippen MR) is 575 cm³/mol. The van der Waals surface area contributed by atoms with Crippen LogP contribution < -0.4 is 0 Å². The van der Waals surface area contributed by atoms with Gasteiger partial charge in [-0.1, -0.05) is 218 Å². The number of aliphatic hydroxyl groups is 1. The summed E-state index contributed by atoms with van der Waals surface area (Å²) in [6, 6.07) is 17.6. The fourth-order valence-corrected chi connectivity index (χ4v) is 28.8. The molecule has 810 valence electrons. The zero-order valence-corrected chi connectivity index (χ0v) is 96.4. The maximum absolute atomic E-state index is 13.8. The van der Waals surface area contributed by atoms with Crippen molar-refractivity contribution in [3.63, 3.8) is 0 Å². The minimum Gasteiger partial charge on any atom is -0.469 e. The van der Waals surface area contributed by atoms with E-state index < -0.39 is 48.5 Å². The number of fused-ring (bicyclic) bond motifs is 2. The first kappa shape index (κ1) is 121. The van der Waals surface area contributed by atoms with Crippen molar-refractivity contribution in [2.75, 3.05) is 31.1 Å². The van der Waals surface area contributed by atoms with Gasteiger partial charge in [-0.15, -0.1) is 23.2 Å². The summed E-state index contributed by atoms with van der Waals surface area (Å²) in [5.41, 5.74) is 4.26. The van der Waals surface area contributed by atoms with Gasteiger partial charge < -0.3 is 70.8 Å². The first-order valence-electron chi connectivity index (χ1n) is 54.2. The number of benzene rings is 2. The first-order chi connectivity index (χ1) is 67.2. The minimum atomic E-state index is -3.52. The topological polar surface area (TPSA) is 269 Å². The van der Waals surface area contributed by atoms with Crippen LogP contribution in [0.25, 0.3) is 0 Å². The predicted octanol–water partition coefficient (Wildman–Crippen LogP) is 24.4. The quantitative estimate of drug-likeness (QED) is 0.0213. The monoisotopic (exact) mass is 2110 g/mol. The summed E-state index contributed by atoms with van der Waals surface area (Å²) in [6.07, 6.45) is 20.8. The van der Waals surface area contributed by atoms with Crippen LogP contribution in [0.2, 0.25) is 36.3 Å². The van der Waals surface area contributed by atoms with Gasteiger partial charge >= 0.3 is 11.9 Å². The zero-order chi connectivity index (χ0) is 105. The molecular formula is C115H184Cl2O22S2Si2. The maximum Gasteiger partial charge on any atom is 0.308 e. The van der Waals surface area contributed by atoms with Gasteiger partial charge in [0, 0.05) is 31.1 Å². The van der Waals surface area contributed by atoms with Gasteiger partial charge in [0.05, 0.1) is 194 Å². The molecule has 10 heterocycles. The molecule has 2 aromatic rings. The number of sulfone groups is 2. The number of alkyl halides is 2. The summed E-state index contributed by atoms with van der Waals surface area (Å²) < 4.78 is 146. The van der Waals surface area contributed by atoms with E-state index in [2.05, 4.69) is 177 Å². The maximum atomic E-state index is 13.8. The van der Waals surface area contributed by atoms with E-state index in [0.29, 0.717) is 60.2 Å². The SMILES string of the molecule is C=C1C[C@H](CCC(=O)/C=C/[C@H](O[Si](C)(C)C(C)(C)C)[C@@H]2OC3CC[C@H](CC(=O)OC)OC3[C@H](C)[C@@H]2C)OC1CC[C@H]1C[C@@H](C)C(=C)C(C[C@@H]2O[C@H](C[C@H](C)CC)[C@H](C)[C@H]2CS(=O)(=O)c2ccccc2)O1.C=C1C[C@H](CCC(O)/C=C/[C@H](O[Si](C)(C)C(C)(C)C)[C@@H]2OC3CC[C@H](CC(=O)OC)OC3[C@H](C)[C@@H]2C)OC1CC[C@H]1C[C@@H](C)C(=C)C(C[C@@H]2O[C@H](C[C@H](C)CC)[C@H](C)[C@H]2CS(=O)(=O)c2ccccc2)O1.ClCCl. The second-order valence-electron chi connectivity index (χ2n) is 47.5. The van der Waals surface area contributed by atoms with Crippen molar-refractivity contribution < 1.29 is 102 Å². The summed E-state index contributed by atoms with van der Waals surface area (Å²) in [7, 11) is -8.74. The molecule has 0 saturated carbocycles. The lowest BCUT2D eigenvalue weighted by Gasteiger charge is -2.51. The summed E-state index contributed by atoms with van der Waals surface area (Å²) >= 11 is 9.53. The van der Waals surface area contributed by atoms with Crippen molar-refractivity contribution in [3.8, 4) is 0 Å². The average Bonchev–Trinajstić information content (AvgIpc) is 1.75. The third kappa shape index (κ3) is 33.0. The van der Waals surface area contributed by atoms with Crippen LogP contribution in [0.4, 0.5) is 0 Å². The Kier molecular flexibility index (Phi) is 45.5. The summed E-state index contributed by atoms with van der Waals surface area (Å²) in [4.78, 5) is 38.5. The molecule has 12 rings (SSSR count). The second-order valence-corrected chi connectivity index (χ2v) is 61.9. The molecule has 2 aromatic carbocycles. The summed E-state index contributed by atoms with van der Waals surface area (Å²) in [5, 5.41) is 11.6. The Bertz CT molecular complexity index is 4690. The van der Waals surface area contributed by atoms with Gasteiger partial charge in [-0.2, -0.15) is 0 Å². The Balaban J connectivity index is 0.000000286. The number of rotatable bonds is 42. The molecule has 1 N–H and O–H groups in total. The van der Waals surface area contributed by atoms with Gasteiger partial charge in [-0.3, -0.25) is 14.4 Å². The number of carbonyl (C=O) groups excluding carboxylic acids is 3. The van der Waals surface area contributed by atoms with E-state index in [1.54, 1.807) is 54.6 Å². The van der Waals surface area contributed by atoms with Crippen molar-refractivity contribution in [3.05, 3.63) is 134 Å². The molecule has 0 radical (unpaired) electrons. The fraction of sp³-hybridized carbons (Fsp3) is 0.765. The standard InChI is InChI=1S/C57H92O11SSi.C57H90O11SSi.CH2Cl2/c2*1-15-35(2)29-51-41(8)47(34-69(60,61)46-19-17-16-18-20-46)53(66-51)33-52-38(5)36(3)30-44(64-52)24-27-48-37(4)31-43(63-48)23-21-42(58)22-26-50(68-70(13,14)57(9,10)11)56-40(7)39(6)55-49(67-56)28-25-45(65-55)32-54(59)62-12;2-1-3/h16-20,22,26,35-36,39-45,47-53,55-56,58H,4-5,15,21,23-25,27-34H2,1-3,6-14H3;16-20,22,26,35-36,39-41,43-45,47-53,55-56H,4-5,15,21,23-25,27-34H2,1-3,6-14H3;1H2/b2*26-22+;/t35-,36-,39-,40+,41-,42?,43+,44+,45-,47-,48?,49?,50+,51-,52?,53+,55?,56-;35-,36-,39-,40+,41-,43+,44+,45-,47-,48?,49?,50+,51-,52?,53+,55?,56-;/m11./s1. The zero-order valence-electron chi connectivity index (χ0n) is 91.3. The summed E-state index contributed by atoms with van der Waals surface area (Å²) in [6.45, 7) is 66.7. The Morgan fingerprint density at radius 1 is 0.476 bits per heavy atom. The molecule has 9 unspecified atom stereocenters. The van der Waals surface area contributed by atoms with Crippen LogP contribution in [-0.2, 0) is 99.8 Å². The largest absolute Gasteiger partial charge is 0.469 e. The van der Waals surface area contributed by atoms with Crippen molar-refractivity contribution in [1.82, 2.24) is 0 Å². The average molecular weight is 2110 g/mol.